The van der Waals surface area contributed by atoms with Crippen LogP contribution in [0.5, 0.6) is 17.2 Å². The first-order valence-electron chi connectivity index (χ1n) is 7.41. The molecule has 7 heteroatoms. The van der Waals surface area contributed by atoms with Gasteiger partial charge in [-0.15, -0.1) is 0 Å². The first-order valence-corrected chi connectivity index (χ1v) is 7.41. The maximum Gasteiger partial charge on any atom is 0.339 e. The number of carboxylic acids is 1. The number of carbonyl (C=O) groups excluding carboxylic acids is 1. The molecule has 132 valence electrons. The molecular formula is C18H19NO6. The van der Waals surface area contributed by atoms with Crippen molar-refractivity contribution in [3.63, 3.8) is 0 Å². The van der Waals surface area contributed by atoms with Crippen molar-refractivity contribution in [1.82, 2.24) is 5.32 Å². The summed E-state index contributed by atoms with van der Waals surface area (Å²) >= 11 is 0. The Morgan fingerprint density at radius 3 is 2.08 bits per heavy atom. The predicted molar refractivity (Wildman–Crippen MR) is 90.7 cm³/mol. The highest BCUT2D eigenvalue weighted by Crippen LogP contribution is 2.28. The van der Waals surface area contributed by atoms with Crippen LogP contribution in [0.4, 0.5) is 0 Å². The summed E-state index contributed by atoms with van der Waals surface area (Å²) in [6.07, 6.45) is 0. The Bertz CT molecular complexity index is 765. The van der Waals surface area contributed by atoms with Gasteiger partial charge in [0.05, 0.1) is 21.3 Å². The van der Waals surface area contributed by atoms with E-state index < -0.39 is 5.97 Å². The van der Waals surface area contributed by atoms with Crippen LogP contribution in [0.25, 0.3) is 0 Å². The zero-order chi connectivity index (χ0) is 18.4. The minimum Gasteiger partial charge on any atom is -0.496 e. The van der Waals surface area contributed by atoms with Gasteiger partial charge in [-0.2, -0.15) is 0 Å². The average molecular weight is 345 g/mol. The number of hydrogen-bond donors (Lipinski definition) is 2. The molecule has 0 atom stereocenters. The molecule has 0 aliphatic heterocycles. The number of aromatic carboxylic acids is 1. The first-order chi connectivity index (χ1) is 12.0. The maximum absolute atomic E-state index is 12.5. The molecule has 0 saturated carbocycles. The number of rotatable bonds is 7. The molecule has 0 fully saturated rings. The number of methoxy groups -OCH3 is 3. The molecule has 2 aromatic rings. The second-order valence-electron chi connectivity index (χ2n) is 5.06. The average Bonchev–Trinajstić information content (AvgIpc) is 2.64. The van der Waals surface area contributed by atoms with Crippen LogP contribution in [0, 0.1) is 0 Å². The van der Waals surface area contributed by atoms with E-state index >= 15 is 0 Å². The highest BCUT2D eigenvalue weighted by atomic mass is 16.5. The Balaban J connectivity index is 2.21. The lowest BCUT2D eigenvalue weighted by molar-refractivity contribution is 0.0693. The molecule has 0 spiro atoms. The second-order valence-corrected chi connectivity index (χ2v) is 5.06. The molecule has 0 heterocycles. The Labute approximate surface area is 145 Å². The van der Waals surface area contributed by atoms with Gasteiger partial charge in [-0.05, 0) is 29.8 Å². The van der Waals surface area contributed by atoms with E-state index in [1.54, 1.807) is 30.3 Å². The van der Waals surface area contributed by atoms with E-state index in [1.807, 2.05) is 0 Å². The normalized spacial score (nSPS) is 10.0. The predicted octanol–water partition coefficient (Wildman–Crippen LogP) is 2.34. The summed E-state index contributed by atoms with van der Waals surface area (Å²) in [6.45, 7) is 0.143. The van der Waals surface area contributed by atoms with E-state index in [4.69, 9.17) is 14.2 Å². The number of benzene rings is 2. The standard InChI is InChI=1S/C18H19NO6/c1-23-13-8-7-11(9-12(13)18(21)22)10-19-17(20)16-14(24-2)5-4-6-15(16)25-3/h4-9H,10H2,1-3H3,(H,19,20)(H,21,22). The van der Waals surface area contributed by atoms with Crippen molar-refractivity contribution in [1.29, 1.82) is 0 Å². The third-order valence-electron chi connectivity index (χ3n) is 3.60. The van der Waals surface area contributed by atoms with Gasteiger partial charge in [-0.25, -0.2) is 4.79 Å². The molecule has 0 saturated heterocycles. The van der Waals surface area contributed by atoms with Crippen LogP contribution in [0.2, 0.25) is 0 Å². The molecule has 25 heavy (non-hydrogen) atoms. The molecule has 0 radical (unpaired) electrons. The monoisotopic (exact) mass is 345 g/mol. The molecule has 1 amide bonds. The lowest BCUT2D eigenvalue weighted by atomic mass is 10.1. The van der Waals surface area contributed by atoms with Crippen LogP contribution in [-0.4, -0.2) is 38.3 Å². The number of ether oxygens (including phenoxy) is 3. The fraction of sp³-hybridized carbons (Fsp3) is 0.222. The summed E-state index contributed by atoms with van der Waals surface area (Å²) in [6, 6.07) is 9.73. The van der Waals surface area contributed by atoms with Crippen LogP contribution in [0.1, 0.15) is 26.3 Å². The molecule has 2 rings (SSSR count). The van der Waals surface area contributed by atoms with Gasteiger partial charge < -0.3 is 24.6 Å². The lowest BCUT2D eigenvalue weighted by Crippen LogP contribution is -2.24. The summed E-state index contributed by atoms with van der Waals surface area (Å²) in [5.41, 5.74) is 0.934. The lowest BCUT2D eigenvalue weighted by Gasteiger charge is -2.13. The Kier molecular flexibility index (Phi) is 5.84. The zero-order valence-electron chi connectivity index (χ0n) is 14.2. The van der Waals surface area contributed by atoms with Crippen molar-refractivity contribution < 1.29 is 28.9 Å². The van der Waals surface area contributed by atoms with E-state index in [-0.39, 0.29) is 29.3 Å². The van der Waals surface area contributed by atoms with Crippen molar-refractivity contribution in [2.45, 2.75) is 6.54 Å². The van der Waals surface area contributed by atoms with Crippen LogP contribution in [0.3, 0.4) is 0 Å². The molecule has 0 bridgehead atoms. The first kappa shape index (κ1) is 18.1. The fourth-order valence-corrected chi connectivity index (χ4v) is 2.38. The molecule has 0 unspecified atom stereocenters. The fourth-order valence-electron chi connectivity index (χ4n) is 2.38. The van der Waals surface area contributed by atoms with Gasteiger partial charge in [0.1, 0.15) is 28.4 Å². The van der Waals surface area contributed by atoms with Crippen molar-refractivity contribution in [3.8, 4) is 17.2 Å². The minimum absolute atomic E-state index is 0.0316. The van der Waals surface area contributed by atoms with E-state index in [0.717, 1.165) is 0 Å². The Morgan fingerprint density at radius 2 is 1.56 bits per heavy atom. The smallest absolute Gasteiger partial charge is 0.339 e. The summed E-state index contributed by atoms with van der Waals surface area (Å²) < 4.78 is 15.4. The number of amides is 1. The van der Waals surface area contributed by atoms with Crippen LogP contribution < -0.4 is 19.5 Å². The highest BCUT2D eigenvalue weighted by molar-refractivity contribution is 5.99. The van der Waals surface area contributed by atoms with Gasteiger partial charge in [-0.3, -0.25) is 4.79 Å². The number of carbonyl (C=O) groups is 2. The van der Waals surface area contributed by atoms with Gasteiger partial charge in [0, 0.05) is 6.54 Å². The van der Waals surface area contributed by atoms with Gasteiger partial charge in [0.25, 0.3) is 5.91 Å². The summed E-state index contributed by atoms with van der Waals surface area (Å²) in [7, 11) is 4.33. The van der Waals surface area contributed by atoms with Crippen LogP contribution in [-0.2, 0) is 6.54 Å². The van der Waals surface area contributed by atoms with Gasteiger partial charge >= 0.3 is 5.97 Å². The molecule has 7 nitrogen and oxygen atoms in total. The van der Waals surface area contributed by atoms with Crippen molar-refractivity contribution in [3.05, 3.63) is 53.1 Å². The van der Waals surface area contributed by atoms with E-state index in [2.05, 4.69) is 5.32 Å². The Hall–Kier alpha value is -3.22. The SMILES string of the molecule is COc1ccc(CNC(=O)c2c(OC)cccc2OC)cc1C(=O)O. The van der Waals surface area contributed by atoms with E-state index in [1.165, 1.54) is 27.4 Å². The third kappa shape index (κ3) is 4.00. The van der Waals surface area contributed by atoms with Crippen LogP contribution >= 0.6 is 0 Å². The van der Waals surface area contributed by atoms with Crippen molar-refractivity contribution in [2.24, 2.45) is 0 Å². The van der Waals surface area contributed by atoms with Gasteiger partial charge in [0.2, 0.25) is 0 Å². The summed E-state index contributed by atoms with van der Waals surface area (Å²) in [4.78, 5) is 23.8. The largest absolute Gasteiger partial charge is 0.496 e. The molecule has 0 aliphatic carbocycles. The van der Waals surface area contributed by atoms with Crippen molar-refractivity contribution >= 4 is 11.9 Å². The highest BCUT2D eigenvalue weighted by Gasteiger charge is 2.18. The maximum atomic E-state index is 12.5. The van der Waals surface area contributed by atoms with E-state index in [0.29, 0.717) is 17.1 Å². The quantitative estimate of drug-likeness (QED) is 0.800. The van der Waals surface area contributed by atoms with Crippen molar-refractivity contribution in [2.75, 3.05) is 21.3 Å². The second kappa shape index (κ2) is 8.05. The molecule has 2 N–H and O–H groups in total. The molecule has 0 aliphatic rings. The summed E-state index contributed by atoms with van der Waals surface area (Å²) in [5.74, 6) is -0.456. The number of nitrogens with one attached hydrogen (secondary N) is 1. The molecule has 2 aromatic carbocycles. The topological polar surface area (TPSA) is 94.1 Å². The summed E-state index contributed by atoms with van der Waals surface area (Å²) in [5, 5.41) is 11.9. The Morgan fingerprint density at radius 1 is 0.960 bits per heavy atom. The third-order valence-corrected chi connectivity index (χ3v) is 3.60. The molecule has 0 aromatic heterocycles. The number of carboxylic acid groups (broad SMARTS) is 1. The van der Waals surface area contributed by atoms with E-state index in [9.17, 15) is 14.7 Å². The van der Waals surface area contributed by atoms with Crippen LogP contribution in [0.15, 0.2) is 36.4 Å². The molecular weight excluding hydrogens is 326 g/mol. The van der Waals surface area contributed by atoms with Gasteiger partial charge in [0.15, 0.2) is 0 Å². The van der Waals surface area contributed by atoms with Gasteiger partial charge in [-0.1, -0.05) is 12.1 Å². The minimum atomic E-state index is -1.10. The number of hydrogen-bond acceptors (Lipinski definition) is 5. The zero-order valence-corrected chi connectivity index (χ0v) is 14.2.